The van der Waals surface area contributed by atoms with Crippen molar-refractivity contribution in [3.05, 3.63) is 64.9 Å². The van der Waals surface area contributed by atoms with E-state index in [-0.39, 0.29) is 18.5 Å². The first-order valence-electron chi connectivity index (χ1n) is 11.5. The van der Waals surface area contributed by atoms with E-state index in [0.29, 0.717) is 6.54 Å². The quantitative estimate of drug-likeness (QED) is 0.509. The lowest BCUT2D eigenvalue weighted by atomic mass is 10.1. The maximum Gasteiger partial charge on any atom is 0.123 e. The zero-order valence-electron chi connectivity index (χ0n) is 19.1. The van der Waals surface area contributed by atoms with Gasteiger partial charge in [0.15, 0.2) is 0 Å². The van der Waals surface area contributed by atoms with Crippen LogP contribution in [0.3, 0.4) is 0 Å². The van der Waals surface area contributed by atoms with Gasteiger partial charge in [0.2, 0.25) is 0 Å². The average Bonchev–Trinajstić information content (AvgIpc) is 3.44. The molecule has 5 rings (SSSR count). The van der Waals surface area contributed by atoms with Gasteiger partial charge < -0.3 is 9.84 Å². The number of benzene rings is 2. The van der Waals surface area contributed by atoms with Crippen LogP contribution in [-0.2, 0) is 4.84 Å². The van der Waals surface area contributed by atoms with E-state index in [9.17, 15) is 9.50 Å². The third kappa shape index (κ3) is 5.73. The molecule has 9 heteroatoms. The van der Waals surface area contributed by atoms with E-state index in [1.54, 1.807) is 23.5 Å². The van der Waals surface area contributed by atoms with Crippen molar-refractivity contribution in [1.29, 1.82) is 0 Å². The van der Waals surface area contributed by atoms with E-state index in [2.05, 4.69) is 20.3 Å². The molecule has 0 unspecified atom stereocenters. The van der Waals surface area contributed by atoms with Crippen molar-refractivity contribution in [2.75, 3.05) is 45.9 Å². The van der Waals surface area contributed by atoms with Gasteiger partial charge in [0.1, 0.15) is 30.4 Å². The van der Waals surface area contributed by atoms with Crippen LogP contribution in [0.1, 0.15) is 10.6 Å². The average molecular weight is 485 g/mol. The molecule has 2 aliphatic heterocycles. The largest absolute Gasteiger partial charge is 0.491 e. The summed E-state index contributed by atoms with van der Waals surface area (Å²) in [6.45, 7) is 7.21. The van der Waals surface area contributed by atoms with Crippen LogP contribution in [0.25, 0.3) is 15.9 Å². The fraction of sp³-hybridized carbons (Fsp3) is 0.400. The molecule has 0 amide bonds. The Bertz CT molecular complexity index is 1140. The summed E-state index contributed by atoms with van der Waals surface area (Å²) in [5.41, 5.74) is 5.67. The number of nitrogens with one attached hydrogen (secondary N) is 1. The molecule has 0 bridgehead atoms. The summed E-state index contributed by atoms with van der Waals surface area (Å²) in [6, 6.07) is 12.3. The van der Waals surface area contributed by atoms with Crippen LogP contribution in [0.4, 0.5) is 4.39 Å². The molecule has 1 saturated heterocycles. The summed E-state index contributed by atoms with van der Waals surface area (Å²) in [5.74, 6) is 0.487. The highest BCUT2D eigenvalue weighted by atomic mass is 32.1. The number of ether oxygens (including phenoxy) is 1. The molecule has 2 atom stereocenters. The molecule has 2 aliphatic rings. The molecule has 34 heavy (non-hydrogen) atoms. The van der Waals surface area contributed by atoms with Crippen molar-refractivity contribution in [3.63, 3.8) is 0 Å². The van der Waals surface area contributed by atoms with Crippen LogP contribution < -0.4 is 10.2 Å². The van der Waals surface area contributed by atoms with Gasteiger partial charge in [-0.3, -0.25) is 20.1 Å². The van der Waals surface area contributed by atoms with Gasteiger partial charge in [-0.1, -0.05) is 0 Å². The number of aryl methyl sites for hydroxylation is 1. The standard InChI is InChI=1S/C25H29FN4O3S/c1-17-27-24-12-21(6-7-25(24)34-17)32-16-20(31)14-29-8-10-30(11-9-29)15-22-13-23(28-33-22)18-2-4-19(26)5-3-18/h2-7,12-13,20,22,28,31H,8-11,14-16H2,1H3/t20-,22-/m1/s1. The van der Waals surface area contributed by atoms with Gasteiger partial charge in [-0.05, 0) is 55.0 Å². The lowest BCUT2D eigenvalue weighted by Gasteiger charge is -2.36. The normalized spacial score (nSPS) is 20.3. The first kappa shape index (κ1) is 23.2. The van der Waals surface area contributed by atoms with Gasteiger partial charge in [-0.15, -0.1) is 11.3 Å². The molecule has 0 saturated carbocycles. The van der Waals surface area contributed by atoms with Gasteiger partial charge >= 0.3 is 0 Å². The first-order valence-corrected chi connectivity index (χ1v) is 12.4. The zero-order chi connectivity index (χ0) is 23.5. The molecule has 0 radical (unpaired) electrons. The molecule has 0 spiro atoms. The molecule has 2 aromatic carbocycles. The lowest BCUT2D eigenvalue weighted by molar-refractivity contribution is 0.00792. The van der Waals surface area contributed by atoms with Gasteiger partial charge in [0.25, 0.3) is 0 Å². The minimum atomic E-state index is -0.553. The Morgan fingerprint density at radius 2 is 1.94 bits per heavy atom. The highest BCUT2D eigenvalue weighted by Crippen LogP contribution is 2.25. The second-order valence-electron chi connectivity index (χ2n) is 8.77. The van der Waals surface area contributed by atoms with Crippen molar-refractivity contribution < 1.29 is 19.1 Å². The Kier molecular flexibility index (Phi) is 7.07. The SMILES string of the molecule is Cc1nc2cc(OC[C@H](O)CN3CCN(C[C@H]4C=C(c5ccc(F)cc5)NO4)CC3)ccc2s1. The smallest absolute Gasteiger partial charge is 0.123 e. The molecule has 3 aromatic rings. The number of fused-ring (bicyclic) bond motifs is 1. The molecule has 1 fully saturated rings. The van der Waals surface area contributed by atoms with Crippen molar-refractivity contribution in [3.8, 4) is 5.75 Å². The number of halogens is 1. The van der Waals surface area contributed by atoms with Crippen LogP contribution in [0.2, 0.25) is 0 Å². The zero-order valence-corrected chi connectivity index (χ0v) is 19.9. The number of hydrogen-bond donors (Lipinski definition) is 2. The molecule has 1 aromatic heterocycles. The van der Waals surface area contributed by atoms with Crippen LogP contribution in [0.15, 0.2) is 48.5 Å². The van der Waals surface area contributed by atoms with Crippen LogP contribution in [0, 0.1) is 12.7 Å². The van der Waals surface area contributed by atoms with E-state index in [1.165, 1.54) is 12.1 Å². The molecular formula is C25H29FN4O3S. The van der Waals surface area contributed by atoms with Gasteiger partial charge in [0.05, 0.1) is 20.9 Å². The number of aliphatic hydroxyl groups is 1. The summed E-state index contributed by atoms with van der Waals surface area (Å²) in [4.78, 5) is 14.8. The molecule has 2 N–H and O–H groups in total. The number of rotatable bonds is 8. The van der Waals surface area contributed by atoms with Gasteiger partial charge in [0, 0.05) is 45.3 Å². The monoisotopic (exact) mass is 484 g/mol. The van der Waals surface area contributed by atoms with E-state index >= 15 is 0 Å². The van der Waals surface area contributed by atoms with Crippen molar-refractivity contribution in [2.45, 2.75) is 19.1 Å². The number of nitrogens with zero attached hydrogens (tertiary/aromatic N) is 3. The fourth-order valence-corrected chi connectivity index (χ4v) is 5.14. The van der Waals surface area contributed by atoms with Crippen LogP contribution >= 0.6 is 11.3 Å². The molecule has 3 heterocycles. The second kappa shape index (κ2) is 10.4. The van der Waals surface area contributed by atoms with Crippen molar-refractivity contribution >= 4 is 27.3 Å². The minimum absolute atomic E-state index is 0.0514. The number of β-amino-alcohol motifs (C(OH)–C–C–N with tert-alkyl or cyclic N) is 1. The number of piperazine rings is 1. The Labute approximate surface area is 202 Å². The first-order chi connectivity index (χ1) is 16.5. The number of hydroxylamine groups is 1. The van der Waals surface area contributed by atoms with E-state index in [0.717, 1.165) is 65.0 Å². The van der Waals surface area contributed by atoms with Crippen molar-refractivity contribution in [1.82, 2.24) is 20.3 Å². The van der Waals surface area contributed by atoms with Gasteiger partial charge in [-0.2, -0.15) is 0 Å². The van der Waals surface area contributed by atoms with Gasteiger partial charge in [-0.25, -0.2) is 9.37 Å². The lowest BCUT2D eigenvalue weighted by Crippen LogP contribution is -2.50. The predicted molar refractivity (Wildman–Crippen MR) is 131 cm³/mol. The molecule has 180 valence electrons. The maximum absolute atomic E-state index is 13.1. The maximum atomic E-state index is 13.1. The molecular weight excluding hydrogens is 455 g/mol. The van der Waals surface area contributed by atoms with E-state index in [1.807, 2.05) is 31.2 Å². The Morgan fingerprint density at radius 3 is 2.74 bits per heavy atom. The van der Waals surface area contributed by atoms with Crippen LogP contribution in [-0.4, -0.2) is 78.0 Å². The minimum Gasteiger partial charge on any atom is -0.491 e. The summed E-state index contributed by atoms with van der Waals surface area (Å²) in [7, 11) is 0. The summed E-state index contributed by atoms with van der Waals surface area (Å²) < 4.78 is 20.1. The topological polar surface area (TPSA) is 70.1 Å². The Hall–Kier alpha value is -2.56. The number of hydrogen-bond acceptors (Lipinski definition) is 8. The van der Waals surface area contributed by atoms with E-state index < -0.39 is 6.10 Å². The molecule has 0 aliphatic carbocycles. The summed E-state index contributed by atoms with van der Waals surface area (Å²) in [5, 5.41) is 11.5. The third-order valence-electron chi connectivity index (χ3n) is 6.11. The van der Waals surface area contributed by atoms with Crippen molar-refractivity contribution in [2.24, 2.45) is 0 Å². The fourth-order valence-electron chi connectivity index (χ4n) is 4.33. The number of aromatic nitrogens is 1. The Morgan fingerprint density at radius 1 is 1.18 bits per heavy atom. The Balaban J connectivity index is 1.04. The second-order valence-corrected chi connectivity index (χ2v) is 10.0. The highest BCUT2D eigenvalue weighted by molar-refractivity contribution is 7.18. The molecule has 7 nitrogen and oxygen atoms in total. The van der Waals surface area contributed by atoms with Crippen LogP contribution in [0.5, 0.6) is 5.75 Å². The van der Waals surface area contributed by atoms with E-state index in [4.69, 9.17) is 9.57 Å². The number of aliphatic hydroxyl groups excluding tert-OH is 1. The summed E-state index contributed by atoms with van der Waals surface area (Å²) >= 11 is 1.66. The summed E-state index contributed by atoms with van der Waals surface area (Å²) in [6.07, 6.45) is 1.44. The highest BCUT2D eigenvalue weighted by Gasteiger charge is 2.24. The predicted octanol–water partition coefficient (Wildman–Crippen LogP) is 3.05. The number of thiazole rings is 1. The third-order valence-corrected chi connectivity index (χ3v) is 7.06.